The van der Waals surface area contributed by atoms with Crippen molar-refractivity contribution >= 4 is 17.2 Å². The Balaban J connectivity index is 1.90. The summed E-state index contributed by atoms with van der Waals surface area (Å²) in [6.07, 6.45) is 2.65. The molecule has 0 bridgehead atoms. The molecule has 0 radical (unpaired) electrons. The Morgan fingerprint density at radius 3 is 2.48 bits per heavy atom. The van der Waals surface area contributed by atoms with Crippen molar-refractivity contribution in [3.8, 4) is 5.75 Å². The quantitative estimate of drug-likeness (QED) is 0.720. The highest BCUT2D eigenvalue weighted by atomic mass is 16.3. The topological polar surface area (TPSA) is 61.4 Å². The summed E-state index contributed by atoms with van der Waals surface area (Å²) < 4.78 is 0. The molecule has 1 heterocycles. The van der Waals surface area contributed by atoms with Crippen LogP contribution in [0, 0.1) is 11.3 Å². The SMILES string of the molecule is CC1(C)C=C2Nc3ccccc3NC(c3ccccc3O)C2C(=O)C1. The number of anilines is 2. The van der Waals surface area contributed by atoms with Crippen LogP contribution in [0.3, 0.4) is 0 Å². The van der Waals surface area contributed by atoms with Crippen LogP contribution in [0.2, 0.25) is 0 Å². The number of carbonyl (C=O) groups excluding carboxylic acids is 1. The number of para-hydroxylation sites is 3. The van der Waals surface area contributed by atoms with Crippen molar-refractivity contribution in [1.82, 2.24) is 0 Å². The van der Waals surface area contributed by atoms with Crippen LogP contribution in [-0.2, 0) is 4.79 Å². The third-order valence-electron chi connectivity index (χ3n) is 4.98. The van der Waals surface area contributed by atoms with Crippen LogP contribution < -0.4 is 10.6 Å². The number of fused-ring (bicyclic) bond motifs is 2. The smallest absolute Gasteiger partial charge is 0.145 e. The molecule has 2 aromatic rings. The van der Waals surface area contributed by atoms with Crippen molar-refractivity contribution < 1.29 is 9.90 Å². The van der Waals surface area contributed by atoms with E-state index in [0.29, 0.717) is 6.42 Å². The molecule has 2 unspecified atom stereocenters. The highest BCUT2D eigenvalue weighted by Gasteiger charge is 2.42. The molecule has 0 aromatic heterocycles. The average Bonchev–Trinajstić information content (AvgIpc) is 2.70. The molecule has 2 atom stereocenters. The first kappa shape index (κ1) is 15.8. The van der Waals surface area contributed by atoms with Crippen LogP contribution in [0.1, 0.15) is 31.9 Å². The van der Waals surface area contributed by atoms with Gasteiger partial charge in [-0.05, 0) is 23.6 Å². The average molecular weight is 334 g/mol. The molecule has 4 rings (SSSR count). The molecule has 128 valence electrons. The summed E-state index contributed by atoms with van der Waals surface area (Å²) in [6.45, 7) is 4.16. The summed E-state index contributed by atoms with van der Waals surface area (Å²) in [6, 6.07) is 14.8. The van der Waals surface area contributed by atoms with E-state index in [1.165, 1.54) is 0 Å². The number of hydrogen-bond donors (Lipinski definition) is 3. The summed E-state index contributed by atoms with van der Waals surface area (Å²) in [4.78, 5) is 13.0. The van der Waals surface area contributed by atoms with Gasteiger partial charge in [-0.15, -0.1) is 0 Å². The van der Waals surface area contributed by atoms with E-state index >= 15 is 0 Å². The van der Waals surface area contributed by atoms with Gasteiger partial charge in [0.2, 0.25) is 0 Å². The molecule has 0 saturated carbocycles. The van der Waals surface area contributed by atoms with Gasteiger partial charge >= 0.3 is 0 Å². The Morgan fingerprint density at radius 1 is 1.04 bits per heavy atom. The molecule has 25 heavy (non-hydrogen) atoms. The number of phenols is 1. The maximum absolute atomic E-state index is 13.0. The minimum absolute atomic E-state index is 0.182. The predicted octanol–water partition coefficient (Wildman–Crippen LogP) is 4.47. The third kappa shape index (κ3) is 2.78. The molecular formula is C21H22N2O2. The fourth-order valence-electron chi connectivity index (χ4n) is 3.91. The lowest BCUT2D eigenvalue weighted by molar-refractivity contribution is -0.124. The second kappa shape index (κ2) is 5.66. The first-order valence-electron chi connectivity index (χ1n) is 8.60. The van der Waals surface area contributed by atoms with Gasteiger partial charge in [0.1, 0.15) is 11.5 Å². The molecular weight excluding hydrogens is 312 g/mol. The van der Waals surface area contributed by atoms with Crippen LogP contribution in [-0.4, -0.2) is 10.9 Å². The zero-order valence-electron chi connectivity index (χ0n) is 14.4. The lowest BCUT2D eigenvalue weighted by Crippen LogP contribution is -2.36. The number of carbonyl (C=O) groups is 1. The first-order chi connectivity index (χ1) is 11.9. The summed E-state index contributed by atoms with van der Waals surface area (Å²) in [5.41, 5.74) is 3.34. The van der Waals surface area contributed by atoms with Crippen molar-refractivity contribution in [2.75, 3.05) is 10.6 Å². The van der Waals surface area contributed by atoms with E-state index in [1.807, 2.05) is 36.4 Å². The normalized spacial score (nSPS) is 24.1. The second-order valence-electron chi connectivity index (χ2n) is 7.56. The number of rotatable bonds is 1. The van der Waals surface area contributed by atoms with Crippen molar-refractivity contribution in [3.63, 3.8) is 0 Å². The molecule has 0 amide bonds. The van der Waals surface area contributed by atoms with Crippen LogP contribution in [0.15, 0.2) is 60.3 Å². The van der Waals surface area contributed by atoms with E-state index in [2.05, 4.69) is 30.6 Å². The molecule has 2 aliphatic rings. The van der Waals surface area contributed by atoms with Crippen LogP contribution >= 0.6 is 0 Å². The molecule has 4 nitrogen and oxygen atoms in total. The number of aromatic hydroxyl groups is 1. The van der Waals surface area contributed by atoms with E-state index in [4.69, 9.17) is 0 Å². The van der Waals surface area contributed by atoms with Gasteiger partial charge in [0, 0.05) is 17.7 Å². The van der Waals surface area contributed by atoms with Gasteiger partial charge in [-0.2, -0.15) is 0 Å². The third-order valence-corrected chi connectivity index (χ3v) is 4.98. The molecule has 0 saturated heterocycles. The largest absolute Gasteiger partial charge is 0.508 e. The molecule has 0 spiro atoms. The number of ketones is 1. The molecule has 2 aromatic carbocycles. The van der Waals surface area contributed by atoms with Crippen LogP contribution in [0.5, 0.6) is 5.75 Å². The first-order valence-corrected chi connectivity index (χ1v) is 8.60. The fraction of sp³-hybridized carbons (Fsp3) is 0.286. The Kier molecular flexibility index (Phi) is 3.57. The summed E-state index contributed by atoms with van der Waals surface area (Å²) >= 11 is 0. The molecule has 0 fully saturated rings. The summed E-state index contributed by atoms with van der Waals surface area (Å²) in [7, 11) is 0. The van der Waals surface area contributed by atoms with Gasteiger partial charge in [-0.1, -0.05) is 50.3 Å². The van der Waals surface area contributed by atoms with Gasteiger partial charge in [0.25, 0.3) is 0 Å². The number of nitrogens with one attached hydrogen (secondary N) is 2. The summed E-state index contributed by atoms with van der Waals surface area (Å²) in [5.74, 6) is 0.0358. The number of Topliss-reactive ketones (excluding diaryl/α,β-unsaturated/α-hetero) is 1. The monoisotopic (exact) mass is 334 g/mol. The van der Waals surface area contributed by atoms with Crippen molar-refractivity contribution in [2.24, 2.45) is 11.3 Å². The van der Waals surface area contributed by atoms with Crippen molar-refractivity contribution in [2.45, 2.75) is 26.3 Å². The minimum Gasteiger partial charge on any atom is -0.508 e. The minimum atomic E-state index is -0.353. The van der Waals surface area contributed by atoms with E-state index in [0.717, 1.165) is 22.6 Å². The zero-order valence-corrected chi connectivity index (χ0v) is 14.4. The Bertz CT molecular complexity index is 870. The van der Waals surface area contributed by atoms with Gasteiger partial charge in [-0.25, -0.2) is 0 Å². The number of phenolic OH excluding ortho intramolecular Hbond substituents is 1. The van der Waals surface area contributed by atoms with E-state index in [-0.39, 0.29) is 28.9 Å². The van der Waals surface area contributed by atoms with E-state index < -0.39 is 0 Å². The number of benzene rings is 2. The van der Waals surface area contributed by atoms with Gasteiger partial charge < -0.3 is 15.7 Å². The highest BCUT2D eigenvalue weighted by molar-refractivity contribution is 5.90. The second-order valence-corrected chi connectivity index (χ2v) is 7.56. The maximum Gasteiger partial charge on any atom is 0.145 e. The molecule has 4 heteroatoms. The standard InChI is InChI=1S/C21H22N2O2/c1-21(2)11-16-19(18(25)12-21)20(13-7-3-6-10-17(13)24)23-15-9-5-4-8-14(15)22-16/h3-11,19-20,22-24H,12H2,1-2H3. The van der Waals surface area contributed by atoms with Crippen molar-refractivity contribution in [3.05, 3.63) is 65.9 Å². The lowest BCUT2D eigenvalue weighted by Gasteiger charge is -2.35. The maximum atomic E-state index is 13.0. The Morgan fingerprint density at radius 2 is 1.72 bits per heavy atom. The summed E-state index contributed by atoms with van der Waals surface area (Å²) in [5, 5.41) is 17.3. The lowest BCUT2D eigenvalue weighted by atomic mass is 9.72. The van der Waals surface area contributed by atoms with Crippen LogP contribution in [0.4, 0.5) is 11.4 Å². The molecule has 1 aliphatic carbocycles. The van der Waals surface area contributed by atoms with Crippen molar-refractivity contribution in [1.29, 1.82) is 0 Å². The fourth-order valence-corrected chi connectivity index (χ4v) is 3.91. The Hall–Kier alpha value is -2.75. The van der Waals surface area contributed by atoms with Crippen LogP contribution in [0.25, 0.3) is 0 Å². The van der Waals surface area contributed by atoms with E-state index in [9.17, 15) is 9.90 Å². The van der Waals surface area contributed by atoms with Gasteiger partial charge in [0.15, 0.2) is 0 Å². The zero-order chi connectivity index (χ0) is 17.6. The van der Waals surface area contributed by atoms with Gasteiger partial charge in [0.05, 0.1) is 23.3 Å². The van der Waals surface area contributed by atoms with E-state index in [1.54, 1.807) is 12.1 Å². The van der Waals surface area contributed by atoms with Gasteiger partial charge in [-0.3, -0.25) is 4.79 Å². The molecule has 1 aliphatic heterocycles. The molecule has 3 N–H and O–H groups in total. The number of hydrogen-bond acceptors (Lipinski definition) is 4. The highest BCUT2D eigenvalue weighted by Crippen LogP contribution is 2.46. The predicted molar refractivity (Wildman–Crippen MR) is 99.5 cm³/mol. The Labute approximate surface area is 147 Å². The number of allylic oxidation sites excluding steroid dienone is 1.